The number of likely N-dealkylation sites (tertiary alicyclic amines) is 1. The maximum atomic E-state index is 12.4. The summed E-state index contributed by atoms with van der Waals surface area (Å²) in [6, 6.07) is 10.9. The molecule has 2 N–H and O–H groups in total. The van der Waals surface area contributed by atoms with Gasteiger partial charge in [0.1, 0.15) is 0 Å². The Morgan fingerprint density at radius 1 is 1.11 bits per heavy atom. The average molecular weight is 447 g/mol. The molecule has 1 aliphatic heterocycles. The molecule has 0 radical (unpaired) electrons. The molecule has 0 saturated carbocycles. The number of primary amides is 1. The van der Waals surface area contributed by atoms with Crippen molar-refractivity contribution in [3.63, 3.8) is 0 Å². The number of hydrogen-bond donors (Lipinski definition) is 1. The number of rotatable bonds is 6. The van der Waals surface area contributed by atoms with Crippen molar-refractivity contribution < 1.29 is 9.59 Å². The highest BCUT2D eigenvalue weighted by Crippen LogP contribution is 2.19. The third-order valence-corrected chi connectivity index (χ3v) is 5.55. The second-order valence-electron chi connectivity index (χ2n) is 6.95. The lowest BCUT2D eigenvalue weighted by Gasteiger charge is -2.30. The summed E-state index contributed by atoms with van der Waals surface area (Å²) in [6.45, 7) is 1.50. The highest BCUT2D eigenvalue weighted by molar-refractivity contribution is 9.10. The van der Waals surface area contributed by atoms with E-state index < -0.39 is 0 Å². The fraction of sp³-hybridized carbons (Fsp3) is 0.400. The van der Waals surface area contributed by atoms with Crippen LogP contribution in [-0.4, -0.2) is 39.6 Å². The van der Waals surface area contributed by atoms with Gasteiger partial charge in [-0.3, -0.25) is 14.4 Å². The van der Waals surface area contributed by atoms with Gasteiger partial charge in [-0.05, 0) is 37.5 Å². The van der Waals surface area contributed by atoms with Crippen molar-refractivity contribution in [3.8, 4) is 11.3 Å². The van der Waals surface area contributed by atoms with E-state index in [2.05, 4.69) is 21.0 Å². The molecule has 1 fully saturated rings. The van der Waals surface area contributed by atoms with Crippen LogP contribution >= 0.6 is 15.9 Å². The van der Waals surface area contributed by atoms with Gasteiger partial charge in [0, 0.05) is 48.1 Å². The number of hydrogen-bond acceptors (Lipinski definition) is 4. The van der Waals surface area contributed by atoms with Crippen molar-refractivity contribution in [2.45, 2.75) is 32.2 Å². The minimum Gasteiger partial charge on any atom is -0.369 e. The average Bonchev–Trinajstić information content (AvgIpc) is 2.70. The second-order valence-corrected chi connectivity index (χ2v) is 7.86. The van der Waals surface area contributed by atoms with E-state index in [9.17, 15) is 14.4 Å². The zero-order chi connectivity index (χ0) is 20.1. The third-order valence-electron chi connectivity index (χ3n) is 5.02. The summed E-state index contributed by atoms with van der Waals surface area (Å²) in [6.07, 6.45) is 2.12. The molecule has 0 aliphatic carbocycles. The maximum absolute atomic E-state index is 12.4. The number of aryl methyl sites for hydroxylation is 1. The van der Waals surface area contributed by atoms with Crippen molar-refractivity contribution in [2.24, 2.45) is 11.7 Å². The van der Waals surface area contributed by atoms with Gasteiger partial charge in [-0.1, -0.05) is 28.1 Å². The molecular weight excluding hydrogens is 424 g/mol. The van der Waals surface area contributed by atoms with Gasteiger partial charge < -0.3 is 10.6 Å². The fourth-order valence-corrected chi connectivity index (χ4v) is 3.60. The van der Waals surface area contributed by atoms with Gasteiger partial charge in [0.05, 0.1) is 5.69 Å². The van der Waals surface area contributed by atoms with E-state index in [1.165, 1.54) is 10.7 Å². The van der Waals surface area contributed by atoms with Crippen LogP contribution in [0.2, 0.25) is 0 Å². The van der Waals surface area contributed by atoms with Crippen molar-refractivity contribution in [1.29, 1.82) is 0 Å². The summed E-state index contributed by atoms with van der Waals surface area (Å²) in [5.41, 5.74) is 6.78. The second kappa shape index (κ2) is 9.14. The summed E-state index contributed by atoms with van der Waals surface area (Å²) in [7, 11) is 0. The Morgan fingerprint density at radius 3 is 2.43 bits per heavy atom. The van der Waals surface area contributed by atoms with Crippen molar-refractivity contribution >= 4 is 27.7 Å². The Morgan fingerprint density at radius 2 is 1.79 bits per heavy atom. The number of halogens is 1. The normalized spacial score (nSPS) is 14.8. The standard InChI is InChI=1S/C20H23BrN4O3/c21-16-5-3-14(4-6-16)17-7-8-19(27)25(23-17)11-1-2-18(26)24-12-9-15(10-13-24)20(22)28/h3-8,15H,1-2,9-13H2,(H2,22,28). The van der Waals surface area contributed by atoms with E-state index in [1.807, 2.05) is 24.3 Å². The van der Waals surface area contributed by atoms with Crippen molar-refractivity contribution in [1.82, 2.24) is 14.7 Å². The molecule has 148 valence electrons. The van der Waals surface area contributed by atoms with E-state index >= 15 is 0 Å². The van der Waals surface area contributed by atoms with Crippen molar-refractivity contribution in [3.05, 3.63) is 51.2 Å². The Bertz CT molecular complexity index is 902. The molecule has 0 spiro atoms. The molecule has 1 aliphatic rings. The molecule has 28 heavy (non-hydrogen) atoms. The molecule has 1 saturated heterocycles. The first-order valence-corrected chi connectivity index (χ1v) is 10.1. The lowest BCUT2D eigenvalue weighted by atomic mass is 9.96. The van der Waals surface area contributed by atoms with Crippen LogP contribution in [0, 0.1) is 5.92 Å². The van der Waals surface area contributed by atoms with E-state index in [0.717, 1.165) is 10.0 Å². The monoisotopic (exact) mass is 446 g/mol. The summed E-state index contributed by atoms with van der Waals surface area (Å²) in [4.78, 5) is 37.4. The molecule has 7 nitrogen and oxygen atoms in total. The van der Waals surface area contributed by atoms with Gasteiger partial charge >= 0.3 is 0 Å². The SMILES string of the molecule is NC(=O)C1CCN(C(=O)CCCn2nc(-c3ccc(Br)cc3)ccc2=O)CC1. The topological polar surface area (TPSA) is 98.3 Å². The largest absolute Gasteiger partial charge is 0.369 e. The Kier molecular flexibility index (Phi) is 6.61. The van der Waals surface area contributed by atoms with Crippen LogP contribution in [0.25, 0.3) is 11.3 Å². The Labute approximate surface area is 171 Å². The minimum absolute atomic E-state index is 0.0417. The number of carbonyl (C=O) groups is 2. The molecule has 0 bridgehead atoms. The molecule has 2 amide bonds. The number of nitrogens with two attached hydrogens (primary N) is 1. The zero-order valence-electron chi connectivity index (χ0n) is 15.5. The number of benzene rings is 1. The quantitative estimate of drug-likeness (QED) is 0.734. The van der Waals surface area contributed by atoms with Crippen LogP contribution < -0.4 is 11.3 Å². The van der Waals surface area contributed by atoms with E-state index in [4.69, 9.17) is 5.73 Å². The summed E-state index contributed by atoms with van der Waals surface area (Å²) in [5, 5.41) is 4.42. The highest BCUT2D eigenvalue weighted by atomic mass is 79.9. The smallest absolute Gasteiger partial charge is 0.266 e. The third kappa shape index (κ3) is 5.07. The number of amides is 2. The van der Waals surface area contributed by atoms with Crippen LogP contribution in [-0.2, 0) is 16.1 Å². The van der Waals surface area contributed by atoms with Gasteiger partial charge in [0.25, 0.3) is 5.56 Å². The van der Waals surface area contributed by atoms with Crippen LogP contribution in [0.1, 0.15) is 25.7 Å². The molecule has 0 atom stereocenters. The summed E-state index contributed by atoms with van der Waals surface area (Å²) >= 11 is 3.40. The van der Waals surface area contributed by atoms with E-state index in [-0.39, 0.29) is 23.3 Å². The molecule has 1 aromatic carbocycles. The first-order chi connectivity index (χ1) is 13.4. The molecule has 2 aromatic rings. The van der Waals surface area contributed by atoms with Crippen LogP contribution in [0.4, 0.5) is 0 Å². The van der Waals surface area contributed by atoms with E-state index in [1.54, 1.807) is 11.0 Å². The van der Waals surface area contributed by atoms with Crippen LogP contribution in [0.3, 0.4) is 0 Å². The van der Waals surface area contributed by atoms with Gasteiger partial charge in [-0.15, -0.1) is 0 Å². The first kappa shape index (κ1) is 20.3. The number of carbonyl (C=O) groups excluding carboxylic acids is 2. The zero-order valence-corrected chi connectivity index (χ0v) is 17.1. The Hall–Kier alpha value is -2.48. The minimum atomic E-state index is -0.289. The van der Waals surface area contributed by atoms with E-state index in [0.29, 0.717) is 51.0 Å². The predicted molar refractivity (Wildman–Crippen MR) is 109 cm³/mol. The molecule has 3 rings (SSSR count). The number of piperidine rings is 1. The van der Waals surface area contributed by atoms with Crippen molar-refractivity contribution in [2.75, 3.05) is 13.1 Å². The van der Waals surface area contributed by atoms with Gasteiger partial charge in [0.15, 0.2) is 0 Å². The fourth-order valence-electron chi connectivity index (χ4n) is 3.34. The highest BCUT2D eigenvalue weighted by Gasteiger charge is 2.25. The molecule has 1 aromatic heterocycles. The molecule has 8 heteroatoms. The van der Waals surface area contributed by atoms with Crippen LogP contribution in [0.15, 0.2) is 45.7 Å². The number of aromatic nitrogens is 2. The Balaban J connectivity index is 1.55. The predicted octanol–water partition coefficient (Wildman–Crippen LogP) is 2.18. The lowest BCUT2D eigenvalue weighted by Crippen LogP contribution is -2.41. The van der Waals surface area contributed by atoms with Gasteiger partial charge in [-0.2, -0.15) is 5.10 Å². The van der Waals surface area contributed by atoms with Gasteiger partial charge in [0.2, 0.25) is 11.8 Å². The number of nitrogens with zero attached hydrogens (tertiary/aromatic N) is 3. The summed E-state index contributed by atoms with van der Waals surface area (Å²) < 4.78 is 2.38. The van der Waals surface area contributed by atoms with Crippen LogP contribution in [0.5, 0.6) is 0 Å². The first-order valence-electron chi connectivity index (χ1n) is 9.35. The maximum Gasteiger partial charge on any atom is 0.266 e. The van der Waals surface area contributed by atoms with Gasteiger partial charge in [-0.25, -0.2) is 4.68 Å². The summed E-state index contributed by atoms with van der Waals surface area (Å²) in [5.74, 6) is -0.378. The lowest BCUT2D eigenvalue weighted by molar-refractivity contribution is -0.135. The molecule has 0 unspecified atom stereocenters. The molecule has 2 heterocycles. The molecular formula is C20H23BrN4O3.